The van der Waals surface area contributed by atoms with E-state index in [1.54, 1.807) is 10.7 Å². The number of likely N-dealkylation sites (tertiary alicyclic amines) is 1. The lowest BCUT2D eigenvalue weighted by Crippen LogP contribution is -2.22. The minimum absolute atomic E-state index is 0.249. The van der Waals surface area contributed by atoms with Gasteiger partial charge >= 0.3 is 0 Å². The maximum atomic E-state index is 13.4. The minimum Gasteiger partial charge on any atom is -0.290 e. The van der Waals surface area contributed by atoms with E-state index in [1.807, 2.05) is 36.3 Å². The zero-order valence-electron chi connectivity index (χ0n) is 13.6. The Hall–Kier alpha value is -2.47. The van der Waals surface area contributed by atoms with E-state index < -0.39 is 0 Å². The van der Waals surface area contributed by atoms with Crippen LogP contribution in [0.15, 0.2) is 48.9 Å². The van der Waals surface area contributed by atoms with Crippen molar-refractivity contribution in [2.75, 3.05) is 6.54 Å². The summed E-state index contributed by atoms with van der Waals surface area (Å²) in [6.07, 6.45) is 8.27. The monoisotopic (exact) mass is 325 g/mol. The number of hydrogen-bond donors (Lipinski definition) is 0. The number of benzene rings is 1. The average Bonchev–Trinajstić information content (AvgIpc) is 3.28. The van der Waals surface area contributed by atoms with Crippen LogP contribution in [-0.2, 0) is 13.6 Å². The highest BCUT2D eigenvalue weighted by Gasteiger charge is 2.27. The van der Waals surface area contributed by atoms with Crippen molar-refractivity contribution in [2.45, 2.75) is 25.4 Å². The second-order valence-electron chi connectivity index (χ2n) is 6.31. The summed E-state index contributed by atoms with van der Waals surface area (Å²) in [7, 11) is 1.95. The quantitative estimate of drug-likeness (QED) is 0.740. The Bertz CT molecular complexity index is 837. The molecule has 124 valence electrons. The molecule has 4 rings (SSSR count). The number of halogens is 1. The van der Waals surface area contributed by atoms with Gasteiger partial charge in [0.2, 0.25) is 0 Å². The van der Waals surface area contributed by atoms with Crippen molar-refractivity contribution >= 4 is 0 Å². The van der Waals surface area contributed by atoms with Crippen LogP contribution < -0.4 is 0 Å². The topological polar surface area (TPSA) is 38.9 Å². The Morgan fingerprint density at radius 2 is 2.21 bits per heavy atom. The van der Waals surface area contributed by atoms with Crippen LogP contribution in [0.1, 0.15) is 30.1 Å². The lowest BCUT2D eigenvalue weighted by Gasteiger charge is -2.22. The Labute approximate surface area is 140 Å². The van der Waals surface area contributed by atoms with Crippen molar-refractivity contribution in [1.82, 2.24) is 24.5 Å². The van der Waals surface area contributed by atoms with Crippen LogP contribution in [0.25, 0.3) is 5.69 Å². The van der Waals surface area contributed by atoms with Gasteiger partial charge in [-0.15, -0.1) is 0 Å². The molecule has 0 spiro atoms. The molecule has 24 heavy (non-hydrogen) atoms. The van der Waals surface area contributed by atoms with Gasteiger partial charge in [-0.3, -0.25) is 9.58 Å². The smallest absolute Gasteiger partial charge is 0.125 e. The fourth-order valence-corrected chi connectivity index (χ4v) is 3.42. The first kappa shape index (κ1) is 15.1. The predicted molar refractivity (Wildman–Crippen MR) is 89.1 cm³/mol. The van der Waals surface area contributed by atoms with Crippen LogP contribution in [0.3, 0.4) is 0 Å². The van der Waals surface area contributed by atoms with E-state index in [9.17, 15) is 4.39 Å². The number of aromatic nitrogens is 4. The number of aryl methyl sites for hydroxylation is 1. The van der Waals surface area contributed by atoms with Crippen molar-refractivity contribution < 1.29 is 4.39 Å². The lowest BCUT2D eigenvalue weighted by atomic mass is 10.1. The molecule has 0 amide bonds. The van der Waals surface area contributed by atoms with Gasteiger partial charge in [0.25, 0.3) is 0 Å². The Morgan fingerprint density at radius 1 is 1.29 bits per heavy atom. The fraction of sp³-hybridized carbons (Fsp3) is 0.333. The second-order valence-corrected chi connectivity index (χ2v) is 6.31. The SMILES string of the molecule is Cn1cc(C2CCCN2Cc2ccn(-c3cccc(F)c3)n2)cn1. The van der Waals surface area contributed by atoms with Crippen LogP contribution >= 0.6 is 0 Å². The molecule has 1 fully saturated rings. The first-order valence-electron chi connectivity index (χ1n) is 8.22. The van der Waals surface area contributed by atoms with Gasteiger partial charge in [0.1, 0.15) is 5.82 Å². The molecule has 6 heteroatoms. The summed E-state index contributed by atoms with van der Waals surface area (Å²) in [6.45, 7) is 1.86. The Balaban J connectivity index is 1.51. The van der Waals surface area contributed by atoms with E-state index in [-0.39, 0.29) is 5.82 Å². The first-order valence-corrected chi connectivity index (χ1v) is 8.22. The normalized spacial score (nSPS) is 18.3. The fourth-order valence-electron chi connectivity index (χ4n) is 3.42. The molecule has 3 heterocycles. The molecular formula is C18H20FN5. The summed E-state index contributed by atoms with van der Waals surface area (Å²) in [6, 6.07) is 8.89. The largest absolute Gasteiger partial charge is 0.290 e. The van der Waals surface area contributed by atoms with Crippen LogP contribution in [0, 0.1) is 5.82 Å². The third-order valence-corrected chi connectivity index (χ3v) is 4.56. The maximum Gasteiger partial charge on any atom is 0.125 e. The van der Waals surface area contributed by atoms with Gasteiger partial charge in [0, 0.05) is 37.6 Å². The molecule has 1 saturated heterocycles. The predicted octanol–water partition coefficient (Wildman–Crippen LogP) is 3.08. The highest BCUT2D eigenvalue weighted by Crippen LogP contribution is 2.32. The third-order valence-electron chi connectivity index (χ3n) is 4.56. The van der Waals surface area contributed by atoms with Gasteiger partial charge in [-0.1, -0.05) is 6.07 Å². The van der Waals surface area contributed by atoms with Crippen molar-refractivity contribution in [1.29, 1.82) is 0 Å². The van der Waals surface area contributed by atoms with E-state index in [4.69, 9.17) is 0 Å². The molecule has 1 aliphatic rings. The van der Waals surface area contributed by atoms with Crippen molar-refractivity contribution in [3.8, 4) is 5.69 Å². The second kappa shape index (κ2) is 6.20. The highest BCUT2D eigenvalue weighted by molar-refractivity contribution is 5.31. The van der Waals surface area contributed by atoms with Gasteiger partial charge in [0.05, 0.1) is 17.6 Å². The van der Waals surface area contributed by atoms with Crippen molar-refractivity contribution in [3.63, 3.8) is 0 Å². The maximum absolute atomic E-state index is 13.4. The molecule has 0 aliphatic carbocycles. The van der Waals surface area contributed by atoms with Gasteiger partial charge in [-0.05, 0) is 43.7 Å². The van der Waals surface area contributed by atoms with Crippen molar-refractivity contribution in [2.24, 2.45) is 7.05 Å². The molecule has 0 bridgehead atoms. The zero-order valence-corrected chi connectivity index (χ0v) is 13.6. The summed E-state index contributed by atoms with van der Waals surface area (Å²) in [5, 5.41) is 8.90. The number of nitrogens with zero attached hydrogens (tertiary/aromatic N) is 5. The molecule has 0 saturated carbocycles. The average molecular weight is 325 g/mol. The molecule has 3 aromatic rings. The lowest BCUT2D eigenvalue weighted by molar-refractivity contribution is 0.245. The van der Waals surface area contributed by atoms with E-state index in [2.05, 4.69) is 21.3 Å². The molecule has 5 nitrogen and oxygen atoms in total. The van der Waals surface area contributed by atoms with Crippen LogP contribution in [0.4, 0.5) is 4.39 Å². The van der Waals surface area contributed by atoms with E-state index in [0.29, 0.717) is 6.04 Å². The molecule has 1 aromatic carbocycles. The number of hydrogen-bond acceptors (Lipinski definition) is 3. The molecular weight excluding hydrogens is 305 g/mol. The molecule has 0 radical (unpaired) electrons. The van der Waals surface area contributed by atoms with Gasteiger partial charge in [-0.25, -0.2) is 9.07 Å². The highest BCUT2D eigenvalue weighted by atomic mass is 19.1. The van der Waals surface area contributed by atoms with E-state index in [1.165, 1.54) is 24.1 Å². The van der Waals surface area contributed by atoms with E-state index >= 15 is 0 Å². The summed E-state index contributed by atoms with van der Waals surface area (Å²) in [5.74, 6) is -0.249. The van der Waals surface area contributed by atoms with Crippen LogP contribution in [-0.4, -0.2) is 31.0 Å². The Kier molecular flexibility index (Phi) is 3.90. The first-order chi connectivity index (χ1) is 11.7. The summed E-state index contributed by atoms with van der Waals surface area (Å²) in [4.78, 5) is 2.44. The molecule has 1 unspecified atom stereocenters. The van der Waals surface area contributed by atoms with Gasteiger partial charge in [0.15, 0.2) is 0 Å². The summed E-state index contributed by atoms with van der Waals surface area (Å²) in [5.41, 5.74) is 3.00. The molecule has 1 atom stereocenters. The minimum atomic E-state index is -0.249. The van der Waals surface area contributed by atoms with Crippen LogP contribution in [0.2, 0.25) is 0 Å². The van der Waals surface area contributed by atoms with E-state index in [0.717, 1.165) is 30.9 Å². The molecule has 2 aromatic heterocycles. The molecule has 0 N–H and O–H groups in total. The third kappa shape index (κ3) is 2.97. The van der Waals surface area contributed by atoms with Crippen molar-refractivity contribution in [3.05, 3.63) is 66.0 Å². The van der Waals surface area contributed by atoms with Crippen LogP contribution in [0.5, 0.6) is 0 Å². The summed E-state index contributed by atoms with van der Waals surface area (Å²) >= 11 is 0. The zero-order chi connectivity index (χ0) is 16.5. The van der Waals surface area contributed by atoms with Gasteiger partial charge < -0.3 is 0 Å². The van der Waals surface area contributed by atoms with Gasteiger partial charge in [-0.2, -0.15) is 10.2 Å². The number of rotatable bonds is 4. The summed E-state index contributed by atoms with van der Waals surface area (Å²) < 4.78 is 17.0. The Morgan fingerprint density at radius 3 is 3.00 bits per heavy atom. The standard InChI is InChI=1S/C18H20FN5/c1-22-12-14(11-20-22)18-6-3-8-23(18)13-16-7-9-24(21-16)17-5-2-4-15(19)10-17/h2,4-5,7,9-12,18H,3,6,8,13H2,1H3. The molecule has 1 aliphatic heterocycles.